The Balaban J connectivity index is 0.000000255. The van der Waals surface area contributed by atoms with E-state index in [2.05, 4.69) is 22.9 Å². The van der Waals surface area contributed by atoms with Gasteiger partial charge in [-0.05, 0) is 6.92 Å². The van der Waals surface area contributed by atoms with Gasteiger partial charge in [0, 0.05) is 24.7 Å². The largest absolute Gasteiger partial charge is 0.466 e. The van der Waals surface area contributed by atoms with Crippen molar-refractivity contribution >= 4 is 12.2 Å². The van der Waals surface area contributed by atoms with Crippen LogP contribution in [0.4, 0.5) is 0 Å². The summed E-state index contributed by atoms with van der Waals surface area (Å²) in [5, 5.41) is 0. The average molecular weight is 194 g/mol. The van der Waals surface area contributed by atoms with E-state index in [1.54, 1.807) is 12.4 Å². The van der Waals surface area contributed by atoms with Crippen molar-refractivity contribution in [3.63, 3.8) is 0 Å². The lowest BCUT2D eigenvalue weighted by Crippen LogP contribution is -1.91. The van der Waals surface area contributed by atoms with Crippen LogP contribution in [0.2, 0.25) is 0 Å². The van der Waals surface area contributed by atoms with Crippen molar-refractivity contribution in [3.8, 4) is 0 Å². The highest BCUT2D eigenvalue weighted by atomic mass is 16.5. The van der Waals surface area contributed by atoms with Crippen LogP contribution in [0.15, 0.2) is 31.6 Å². The molecule has 0 aliphatic heterocycles. The fourth-order valence-electron chi connectivity index (χ4n) is 0.664. The van der Waals surface area contributed by atoms with Gasteiger partial charge in [-0.1, -0.05) is 13.2 Å². The van der Waals surface area contributed by atoms with E-state index in [-0.39, 0.29) is 0 Å². The normalized spacial score (nSPS) is 8.14. The standard InChI is InChI=1S/C6H8N2.C4H6O2/c1-3-8-5-4-7-6(8)2;1-3-4(5)6-2/h3-5H,1H2,2H3;3H,1H2,2H3. The minimum Gasteiger partial charge on any atom is -0.466 e. The van der Waals surface area contributed by atoms with Crippen LogP contribution in [0.5, 0.6) is 0 Å². The highest BCUT2D eigenvalue weighted by Gasteiger charge is 1.86. The van der Waals surface area contributed by atoms with Crippen LogP contribution < -0.4 is 0 Å². The number of hydrogen-bond acceptors (Lipinski definition) is 3. The molecule has 0 spiro atoms. The lowest BCUT2D eigenvalue weighted by Gasteiger charge is -1.90. The second-order valence-electron chi connectivity index (χ2n) is 2.29. The first-order valence-corrected chi connectivity index (χ1v) is 3.98. The Morgan fingerprint density at radius 2 is 2.29 bits per heavy atom. The zero-order valence-corrected chi connectivity index (χ0v) is 8.43. The zero-order chi connectivity index (χ0) is 11.0. The van der Waals surface area contributed by atoms with Crippen molar-refractivity contribution < 1.29 is 9.53 Å². The molecule has 0 amide bonds. The molecule has 1 heterocycles. The number of hydrogen-bond donors (Lipinski definition) is 0. The Hall–Kier alpha value is -1.84. The Morgan fingerprint density at radius 1 is 1.64 bits per heavy atom. The molecule has 0 saturated heterocycles. The van der Waals surface area contributed by atoms with Crippen molar-refractivity contribution in [3.05, 3.63) is 37.5 Å². The molecule has 4 nitrogen and oxygen atoms in total. The zero-order valence-electron chi connectivity index (χ0n) is 8.43. The summed E-state index contributed by atoms with van der Waals surface area (Å²) in [5.74, 6) is 0.579. The first kappa shape index (κ1) is 12.2. The molecule has 1 aromatic heterocycles. The molecule has 0 saturated carbocycles. The quantitative estimate of drug-likeness (QED) is 0.531. The molecular weight excluding hydrogens is 180 g/mol. The number of nitrogens with zero attached hydrogens (tertiary/aromatic N) is 2. The van der Waals surface area contributed by atoms with E-state index in [9.17, 15) is 4.79 Å². The van der Waals surface area contributed by atoms with E-state index in [0.717, 1.165) is 11.9 Å². The van der Waals surface area contributed by atoms with E-state index in [1.165, 1.54) is 7.11 Å². The third kappa shape index (κ3) is 4.25. The van der Waals surface area contributed by atoms with Crippen molar-refractivity contribution in [1.29, 1.82) is 0 Å². The summed E-state index contributed by atoms with van der Waals surface area (Å²) < 4.78 is 6.00. The molecule has 1 rings (SSSR count). The summed E-state index contributed by atoms with van der Waals surface area (Å²) in [7, 11) is 1.31. The van der Waals surface area contributed by atoms with Crippen LogP contribution >= 0.6 is 0 Å². The van der Waals surface area contributed by atoms with Gasteiger partial charge in [-0.3, -0.25) is 0 Å². The summed E-state index contributed by atoms with van der Waals surface area (Å²) in [5.41, 5.74) is 0. The van der Waals surface area contributed by atoms with Gasteiger partial charge in [0.15, 0.2) is 0 Å². The maximum Gasteiger partial charge on any atom is 0.329 e. The molecule has 0 fully saturated rings. The van der Waals surface area contributed by atoms with Gasteiger partial charge in [0.2, 0.25) is 0 Å². The van der Waals surface area contributed by atoms with Crippen LogP contribution in [0.1, 0.15) is 5.82 Å². The number of rotatable bonds is 2. The molecule has 0 unspecified atom stereocenters. The van der Waals surface area contributed by atoms with Crippen molar-refractivity contribution in [1.82, 2.24) is 9.55 Å². The molecule has 76 valence electrons. The maximum atomic E-state index is 9.84. The summed E-state index contributed by atoms with van der Waals surface area (Å²) in [4.78, 5) is 13.8. The Morgan fingerprint density at radius 3 is 2.43 bits per heavy atom. The van der Waals surface area contributed by atoms with Gasteiger partial charge >= 0.3 is 5.97 Å². The van der Waals surface area contributed by atoms with Gasteiger partial charge < -0.3 is 9.30 Å². The molecule has 0 aromatic carbocycles. The Bertz CT molecular complexity index is 316. The first-order valence-electron chi connectivity index (χ1n) is 3.98. The summed E-state index contributed by atoms with van der Waals surface area (Å²) in [6, 6.07) is 0. The molecule has 0 radical (unpaired) electrons. The number of esters is 1. The molecule has 0 N–H and O–H groups in total. The predicted octanol–water partition coefficient (Wildman–Crippen LogP) is 1.64. The highest BCUT2D eigenvalue weighted by Crippen LogP contribution is 1.92. The monoisotopic (exact) mass is 194 g/mol. The Labute approximate surface area is 83.5 Å². The van der Waals surface area contributed by atoms with Gasteiger partial charge in [0.1, 0.15) is 5.82 Å². The fraction of sp³-hybridized carbons (Fsp3) is 0.200. The number of carbonyl (C=O) groups excluding carboxylic acids is 1. The third-order valence-electron chi connectivity index (χ3n) is 1.43. The first-order chi connectivity index (χ1) is 6.65. The van der Waals surface area contributed by atoms with Crippen LogP contribution in [0, 0.1) is 6.92 Å². The highest BCUT2D eigenvalue weighted by molar-refractivity contribution is 5.80. The van der Waals surface area contributed by atoms with Gasteiger partial charge in [0.25, 0.3) is 0 Å². The molecule has 0 bridgehead atoms. The summed E-state index contributed by atoms with van der Waals surface area (Å²) in [6.45, 7) is 8.68. The molecule has 0 atom stereocenters. The number of methoxy groups -OCH3 is 1. The molecule has 14 heavy (non-hydrogen) atoms. The fourth-order valence-corrected chi connectivity index (χ4v) is 0.664. The van der Waals surface area contributed by atoms with Crippen LogP contribution in [-0.4, -0.2) is 22.6 Å². The van der Waals surface area contributed by atoms with Gasteiger partial charge in [-0.2, -0.15) is 0 Å². The minimum absolute atomic E-state index is 0.394. The molecule has 0 aliphatic carbocycles. The van der Waals surface area contributed by atoms with Crippen LogP contribution in [0.3, 0.4) is 0 Å². The molecule has 4 heteroatoms. The van der Waals surface area contributed by atoms with Crippen molar-refractivity contribution in [2.24, 2.45) is 0 Å². The topological polar surface area (TPSA) is 44.1 Å². The molecule has 1 aromatic rings. The van der Waals surface area contributed by atoms with Crippen LogP contribution in [-0.2, 0) is 9.53 Å². The Kier molecular flexibility index (Phi) is 5.78. The second-order valence-corrected chi connectivity index (χ2v) is 2.29. The summed E-state index contributed by atoms with van der Waals surface area (Å²) in [6.07, 6.45) is 6.45. The number of imidazole rings is 1. The number of carbonyl (C=O) groups is 1. The number of aryl methyl sites for hydroxylation is 1. The lowest BCUT2D eigenvalue weighted by atomic mass is 10.7. The van der Waals surface area contributed by atoms with E-state index in [1.807, 2.05) is 17.7 Å². The lowest BCUT2D eigenvalue weighted by molar-refractivity contribution is -0.134. The third-order valence-corrected chi connectivity index (χ3v) is 1.43. The maximum absolute atomic E-state index is 9.84. The van der Waals surface area contributed by atoms with Gasteiger partial charge in [0.05, 0.1) is 7.11 Å². The summed E-state index contributed by atoms with van der Waals surface area (Å²) >= 11 is 0. The predicted molar refractivity (Wildman–Crippen MR) is 55.6 cm³/mol. The van der Waals surface area contributed by atoms with Gasteiger partial charge in [-0.25, -0.2) is 9.78 Å². The number of ether oxygens (including phenoxy) is 1. The second kappa shape index (κ2) is 6.65. The smallest absolute Gasteiger partial charge is 0.329 e. The van der Waals surface area contributed by atoms with E-state index in [0.29, 0.717) is 0 Å². The van der Waals surface area contributed by atoms with Crippen molar-refractivity contribution in [2.75, 3.05) is 7.11 Å². The van der Waals surface area contributed by atoms with Crippen LogP contribution in [0.25, 0.3) is 6.20 Å². The average Bonchev–Trinajstić information content (AvgIpc) is 2.63. The van der Waals surface area contributed by atoms with E-state index < -0.39 is 5.97 Å². The molecular formula is C10H14N2O2. The SMILES string of the molecule is C=CC(=O)OC.C=Cn1ccnc1C. The van der Waals surface area contributed by atoms with E-state index >= 15 is 0 Å². The molecule has 0 aliphatic rings. The minimum atomic E-state index is -0.394. The number of aromatic nitrogens is 2. The van der Waals surface area contributed by atoms with Crippen molar-refractivity contribution in [2.45, 2.75) is 6.92 Å². The van der Waals surface area contributed by atoms with Gasteiger partial charge in [-0.15, -0.1) is 0 Å². The van der Waals surface area contributed by atoms with E-state index in [4.69, 9.17) is 0 Å².